The fraction of sp³-hybridized carbons (Fsp3) is 0.250. The Labute approximate surface area is 146 Å². The third-order valence-corrected chi connectivity index (χ3v) is 4.30. The van der Waals surface area contributed by atoms with Gasteiger partial charge in [-0.1, -0.05) is 31.5 Å². The quantitative estimate of drug-likeness (QED) is 0.859. The highest BCUT2D eigenvalue weighted by molar-refractivity contribution is 5.90. The Morgan fingerprint density at radius 3 is 2.84 bits per heavy atom. The summed E-state index contributed by atoms with van der Waals surface area (Å²) in [5.74, 6) is 0.0842. The fourth-order valence-electron chi connectivity index (χ4n) is 3.10. The first-order chi connectivity index (χ1) is 12.1. The summed E-state index contributed by atoms with van der Waals surface area (Å²) in [6.45, 7) is 3.69. The van der Waals surface area contributed by atoms with E-state index in [4.69, 9.17) is 4.74 Å². The Morgan fingerprint density at radius 2 is 2.16 bits per heavy atom. The Balaban J connectivity index is 2.35. The second-order valence-electron chi connectivity index (χ2n) is 5.99. The summed E-state index contributed by atoms with van der Waals surface area (Å²) >= 11 is 0. The molecule has 1 aliphatic heterocycles. The van der Waals surface area contributed by atoms with Gasteiger partial charge in [0.05, 0.1) is 17.2 Å². The molecule has 0 amide bonds. The molecule has 0 saturated carbocycles. The summed E-state index contributed by atoms with van der Waals surface area (Å²) in [7, 11) is 0. The summed E-state index contributed by atoms with van der Waals surface area (Å²) < 4.78 is 6.02. The van der Waals surface area contributed by atoms with Crippen LogP contribution in [0.25, 0.3) is 5.76 Å². The molecule has 5 heteroatoms. The van der Waals surface area contributed by atoms with E-state index in [-0.39, 0.29) is 5.56 Å². The maximum absolute atomic E-state index is 11.6. The van der Waals surface area contributed by atoms with E-state index in [1.54, 1.807) is 6.92 Å². The van der Waals surface area contributed by atoms with Crippen LogP contribution in [0.15, 0.2) is 36.0 Å². The number of nitrogens with zero attached hydrogens (tertiary/aromatic N) is 2. The highest BCUT2D eigenvalue weighted by Gasteiger charge is 2.26. The van der Waals surface area contributed by atoms with Gasteiger partial charge in [-0.05, 0) is 36.1 Å². The second kappa shape index (κ2) is 6.78. The van der Waals surface area contributed by atoms with Crippen molar-refractivity contribution >= 4 is 11.7 Å². The molecule has 0 radical (unpaired) electrons. The van der Waals surface area contributed by atoms with Gasteiger partial charge in [0, 0.05) is 12.6 Å². The first-order valence-electron chi connectivity index (χ1n) is 8.18. The molecule has 1 aromatic carbocycles. The van der Waals surface area contributed by atoms with Crippen LogP contribution in [0.3, 0.4) is 0 Å². The molecule has 5 nitrogen and oxygen atoms in total. The minimum absolute atomic E-state index is 0.217. The van der Waals surface area contributed by atoms with Crippen LogP contribution in [-0.2, 0) is 12.8 Å². The minimum Gasteiger partial charge on any atom is -0.478 e. The van der Waals surface area contributed by atoms with E-state index in [0.29, 0.717) is 35.6 Å². The fourth-order valence-corrected chi connectivity index (χ4v) is 3.10. The molecule has 3 rings (SSSR count). The van der Waals surface area contributed by atoms with Crippen molar-refractivity contribution < 1.29 is 14.6 Å². The normalized spacial score (nSPS) is 14.4. The number of nitriles is 1. The number of hydrogen-bond donors (Lipinski definition) is 1. The average Bonchev–Trinajstić information content (AvgIpc) is 2.78. The average molecular weight is 334 g/mol. The summed E-state index contributed by atoms with van der Waals surface area (Å²) in [4.78, 5) is 16.0. The third kappa shape index (κ3) is 2.99. The van der Waals surface area contributed by atoms with Crippen LogP contribution in [0.2, 0.25) is 0 Å². The van der Waals surface area contributed by atoms with Crippen LogP contribution >= 0.6 is 0 Å². The number of allylic oxidation sites excluding steroid dienone is 1. The van der Waals surface area contributed by atoms with E-state index in [0.717, 1.165) is 23.1 Å². The van der Waals surface area contributed by atoms with Crippen molar-refractivity contribution in [2.75, 3.05) is 0 Å². The van der Waals surface area contributed by atoms with Crippen LogP contribution in [0.5, 0.6) is 5.75 Å². The van der Waals surface area contributed by atoms with Crippen LogP contribution in [0, 0.1) is 11.3 Å². The lowest BCUT2D eigenvalue weighted by atomic mass is 9.92. The smallest absolute Gasteiger partial charge is 0.337 e. The van der Waals surface area contributed by atoms with Gasteiger partial charge in [-0.2, -0.15) is 5.26 Å². The highest BCUT2D eigenvalue weighted by Crippen LogP contribution is 2.36. The van der Waals surface area contributed by atoms with Crippen molar-refractivity contribution in [3.8, 4) is 11.8 Å². The number of aromatic carboxylic acids is 1. The lowest BCUT2D eigenvalue weighted by molar-refractivity contribution is 0.0695. The molecule has 0 atom stereocenters. The van der Waals surface area contributed by atoms with Gasteiger partial charge in [0.25, 0.3) is 0 Å². The van der Waals surface area contributed by atoms with Crippen molar-refractivity contribution in [1.29, 1.82) is 5.26 Å². The summed E-state index contributed by atoms with van der Waals surface area (Å²) in [6.07, 6.45) is 3.34. The van der Waals surface area contributed by atoms with Gasteiger partial charge in [-0.3, -0.25) is 4.98 Å². The van der Waals surface area contributed by atoms with Crippen LogP contribution in [0.1, 0.15) is 53.0 Å². The number of aromatic nitrogens is 1. The van der Waals surface area contributed by atoms with E-state index in [1.165, 1.54) is 6.20 Å². The molecule has 1 aromatic heterocycles. The van der Waals surface area contributed by atoms with E-state index >= 15 is 0 Å². The molecular formula is C20H18N2O3. The predicted molar refractivity (Wildman–Crippen MR) is 93.3 cm³/mol. The topological polar surface area (TPSA) is 83.2 Å². The third-order valence-electron chi connectivity index (χ3n) is 4.30. The van der Waals surface area contributed by atoms with Crippen molar-refractivity contribution in [2.24, 2.45) is 0 Å². The maximum atomic E-state index is 11.6. The zero-order chi connectivity index (χ0) is 18.0. The van der Waals surface area contributed by atoms with Crippen molar-refractivity contribution in [3.05, 3.63) is 64.0 Å². The molecule has 2 heterocycles. The van der Waals surface area contributed by atoms with E-state index in [9.17, 15) is 15.2 Å². The van der Waals surface area contributed by atoms with Crippen molar-refractivity contribution in [1.82, 2.24) is 4.98 Å². The van der Waals surface area contributed by atoms with Gasteiger partial charge in [0.15, 0.2) is 5.76 Å². The minimum atomic E-state index is -0.986. The lowest BCUT2D eigenvalue weighted by Gasteiger charge is -2.15. The molecule has 1 aliphatic rings. The zero-order valence-corrected chi connectivity index (χ0v) is 14.2. The molecule has 1 N–H and O–H groups in total. The number of pyridine rings is 1. The summed E-state index contributed by atoms with van der Waals surface area (Å²) in [6, 6.07) is 9.71. The van der Waals surface area contributed by atoms with Gasteiger partial charge < -0.3 is 9.84 Å². The number of carboxylic acid groups (broad SMARTS) is 1. The Bertz CT molecular complexity index is 923. The molecule has 2 aromatic rings. The Hall–Kier alpha value is -3.13. The van der Waals surface area contributed by atoms with Gasteiger partial charge in [-0.25, -0.2) is 4.79 Å². The lowest BCUT2D eigenvalue weighted by Crippen LogP contribution is -2.11. The van der Waals surface area contributed by atoms with E-state index in [2.05, 4.69) is 11.1 Å². The standard InChI is InChI=1S/C20H18N2O3/c1-3-6-14-15-9-13-7-4-5-8-17(13)25-19(12(2)10-21)18(15)22-11-16(14)20(23)24/h4-5,7-8,11H,3,6,9H2,1-2H3,(H,23,24). The van der Waals surface area contributed by atoms with Gasteiger partial charge in [0.1, 0.15) is 11.4 Å². The first-order valence-corrected chi connectivity index (χ1v) is 8.18. The Morgan fingerprint density at radius 1 is 1.40 bits per heavy atom. The zero-order valence-electron chi connectivity index (χ0n) is 14.2. The van der Waals surface area contributed by atoms with Gasteiger partial charge in [0.2, 0.25) is 0 Å². The van der Waals surface area contributed by atoms with Crippen LogP contribution < -0.4 is 4.74 Å². The number of carbonyl (C=O) groups is 1. The first kappa shape index (κ1) is 16.7. The van der Waals surface area contributed by atoms with Crippen molar-refractivity contribution in [2.45, 2.75) is 33.1 Å². The number of rotatable bonds is 3. The van der Waals surface area contributed by atoms with Crippen molar-refractivity contribution in [3.63, 3.8) is 0 Å². The number of para-hydroxylation sites is 1. The molecule has 0 bridgehead atoms. The van der Waals surface area contributed by atoms with Crippen LogP contribution in [0.4, 0.5) is 0 Å². The Kier molecular flexibility index (Phi) is 4.53. The van der Waals surface area contributed by atoms with E-state index in [1.807, 2.05) is 31.2 Å². The number of ether oxygens (including phenoxy) is 1. The summed E-state index contributed by atoms with van der Waals surface area (Å²) in [5, 5.41) is 18.9. The molecule has 0 unspecified atom stereocenters. The van der Waals surface area contributed by atoms with E-state index < -0.39 is 5.97 Å². The van der Waals surface area contributed by atoms with Crippen LogP contribution in [-0.4, -0.2) is 16.1 Å². The second-order valence-corrected chi connectivity index (χ2v) is 5.99. The number of hydrogen-bond acceptors (Lipinski definition) is 4. The highest BCUT2D eigenvalue weighted by atomic mass is 16.5. The molecule has 0 saturated heterocycles. The monoisotopic (exact) mass is 334 g/mol. The molecule has 25 heavy (non-hydrogen) atoms. The molecular weight excluding hydrogens is 316 g/mol. The summed E-state index contributed by atoms with van der Waals surface area (Å²) in [5.41, 5.74) is 3.74. The largest absolute Gasteiger partial charge is 0.478 e. The predicted octanol–water partition coefficient (Wildman–Crippen LogP) is 3.97. The van der Waals surface area contributed by atoms with Gasteiger partial charge in [-0.15, -0.1) is 0 Å². The molecule has 0 fully saturated rings. The molecule has 0 spiro atoms. The van der Waals surface area contributed by atoms with Gasteiger partial charge >= 0.3 is 5.97 Å². The number of carboxylic acids is 1. The number of fused-ring (bicyclic) bond motifs is 2. The molecule has 126 valence electrons. The maximum Gasteiger partial charge on any atom is 0.337 e. The molecule has 0 aliphatic carbocycles. The number of benzene rings is 1. The SMILES string of the molecule is CCCc1c(C(=O)O)cnc2c1Cc1ccccc1OC2=C(C)C#N.